The molecule has 184 valence electrons. The van der Waals surface area contributed by atoms with Crippen LogP contribution >= 0.6 is 0 Å². The molecular weight excluding hydrogens is 450 g/mol. The van der Waals surface area contributed by atoms with Gasteiger partial charge in [0.2, 0.25) is 21.8 Å². The lowest BCUT2D eigenvalue weighted by molar-refractivity contribution is -0.121. The van der Waals surface area contributed by atoms with Crippen molar-refractivity contribution in [3.63, 3.8) is 0 Å². The van der Waals surface area contributed by atoms with Gasteiger partial charge in [-0.05, 0) is 74.9 Å². The van der Waals surface area contributed by atoms with Crippen molar-refractivity contribution in [1.29, 1.82) is 0 Å². The van der Waals surface area contributed by atoms with Gasteiger partial charge >= 0.3 is 0 Å². The van der Waals surface area contributed by atoms with Gasteiger partial charge in [0.15, 0.2) is 0 Å². The Kier molecular flexibility index (Phi) is 8.15. The van der Waals surface area contributed by atoms with E-state index in [4.69, 9.17) is 0 Å². The molecule has 2 amide bonds. The molecule has 0 aromatic heterocycles. The highest BCUT2D eigenvalue weighted by Gasteiger charge is 2.33. The van der Waals surface area contributed by atoms with Crippen LogP contribution < -0.4 is 10.6 Å². The van der Waals surface area contributed by atoms with Gasteiger partial charge in [-0.15, -0.1) is 0 Å². The molecule has 1 aliphatic heterocycles. The zero-order chi connectivity index (χ0) is 25.0. The highest BCUT2D eigenvalue weighted by molar-refractivity contribution is 7.89. The fraction of sp³-hybridized carbons (Fsp3) is 0.462. The Balaban J connectivity index is 1.57. The molecule has 2 N–H and O–H groups in total. The molecule has 0 bridgehead atoms. The van der Waals surface area contributed by atoms with Gasteiger partial charge in [-0.3, -0.25) is 9.59 Å². The Morgan fingerprint density at radius 3 is 1.94 bits per heavy atom. The number of piperidine rings is 1. The summed E-state index contributed by atoms with van der Waals surface area (Å²) in [7, 11) is -3.60. The van der Waals surface area contributed by atoms with Crippen LogP contribution in [0, 0.1) is 32.6 Å². The normalized spacial score (nSPS) is 15.4. The molecule has 2 aromatic rings. The second-order valence-electron chi connectivity index (χ2n) is 9.62. The summed E-state index contributed by atoms with van der Waals surface area (Å²) in [6, 6.07) is 10.8. The number of aryl methyl sites for hydroxylation is 3. The van der Waals surface area contributed by atoms with Gasteiger partial charge in [-0.1, -0.05) is 31.5 Å². The van der Waals surface area contributed by atoms with E-state index in [2.05, 4.69) is 10.6 Å². The van der Waals surface area contributed by atoms with Crippen molar-refractivity contribution in [3.05, 3.63) is 53.1 Å². The first-order chi connectivity index (χ1) is 16.0. The summed E-state index contributed by atoms with van der Waals surface area (Å²) in [4.78, 5) is 25.1. The third-order valence-corrected chi connectivity index (χ3v) is 8.26. The van der Waals surface area contributed by atoms with Crippen molar-refractivity contribution >= 4 is 33.2 Å². The van der Waals surface area contributed by atoms with Crippen molar-refractivity contribution in [2.45, 2.75) is 58.8 Å². The first kappa shape index (κ1) is 25.9. The molecular formula is C26H35N3O4S. The number of carbonyl (C=O) groups excluding carboxylic acids is 2. The Labute approximate surface area is 203 Å². The molecule has 0 radical (unpaired) electrons. The molecule has 0 aliphatic carbocycles. The lowest BCUT2D eigenvalue weighted by atomic mass is 9.97. The molecule has 0 atom stereocenters. The second-order valence-corrected chi connectivity index (χ2v) is 11.5. The number of anilines is 2. The van der Waals surface area contributed by atoms with Crippen molar-refractivity contribution in [1.82, 2.24) is 4.31 Å². The van der Waals surface area contributed by atoms with Crippen molar-refractivity contribution in [2.24, 2.45) is 11.8 Å². The van der Waals surface area contributed by atoms with E-state index in [0.717, 1.165) is 16.7 Å². The smallest absolute Gasteiger partial charge is 0.243 e. The standard InChI is InChI=1S/C26H35N3O4S/c1-17(2)14-24(30)27-22-6-8-23(9-7-22)28-26(31)21-10-12-29(13-11-21)34(32,33)25-19(4)15-18(3)16-20(25)5/h6-9,15-17,21H,10-14H2,1-5H3,(H,27,30)(H,28,31). The van der Waals surface area contributed by atoms with Gasteiger partial charge < -0.3 is 10.6 Å². The number of nitrogens with zero attached hydrogens (tertiary/aromatic N) is 1. The number of rotatable bonds is 7. The molecule has 3 rings (SSSR count). The number of amides is 2. The molecule has 1 saturated heterocycles. The number of carbonyl (C=O) groups is 2. The SMILES string of the molecule is Cc1cc(C)c(S(=O)(=O)N2CCC(C(=O)Nc3ccc(NC(=O)CC(C)C)cc3)CC2)c(C)c1. The lowest BCUT2D eigenvalue weighted by Crippen LogP contribution is -2.41. The minimum Gasteiger partial charge on any atom is -0.326 e. The molecule has 8 heteroatoms. The minimum atomic E-state index is -3.60. The van der Waals surface area contributed by atoms with E-state index in [9.17, 15) is 18.0 Å². The average molecular weight is 486 g/mol. The van der Waals surface area contributed by atoms with Gasteiger partial charge in [0, 0.05) is 36.8 Å². The molecule has 1 fully saturated rings. The molecule has 0 saturated carbocycles. The van der Waals surface area contributed by atoms with Crippen LogP contribution in [0.3, 0.4) is 0 Å². The number of hydrogen-bond acceptors (Lipinski definition) is 4. The zero-order valence-electron chi connectivity index (χ0n) is 20.6. The van der Waals surface area contributed by atoms with E-state index in [1.54, 1.807) is 24.3 Å². The average Bonchev–Trinajstić information content (AvgIpc) is 2.73. The molecule has 1 aliphatic rings. The molecule has 34 heavy (non-hydrogen) atoms. The topological polar surface area (TPSA) is 95.6 Å². The van der Waals surface area contributed by atoms with E-state index in [1.807, 2.05) is 46.8 Å². The number of benzene rings is 2. The summed E-state index contributed by atoms with van der Waals surface area (Å²) in [5.74, 6) is -0.122. The molecule has 7 nitrogen and oxygen atoms in total. The first-order valence-corrected chi connectivity index (χ1v) is 13.2. The van der Waals surface area contributed by atoms with Crippen LogP contribution in [0.4, 0.5) is 11.4 Å². The summed E-state index contributed by atoms with van der Waals surface area (Å²) in [6.45, 7) is 10.2. The van der Waals surface area contributed by atoms with Crippen LogP contribution in [0.25, 0.3) is 0 Å². The maximum Gasteiger partial charge on any atom is 0.243 e. The van der Waals surface area contributed by atoms with Gasteiger partial charge in [-0.25, -0.2) is 8.42 Å². The fourth-order valence-electron chi connectivity index (χ4n) is 4.53. The van der Waals surface area contributed by atoms with Crippen LogP contribution in [0.15, 0.2) is 41.3 Å². The van der Waals surface area contributed by atoms with E-state index < -0.39 is 10.0 Å². The maximum absolute atomic E-state index is 13.3. The minimum absolute atomic E-state index is 0.0375. The number of nitrogens with one attached hydrogen (secondary N) is 2. The Bertz CT molecular complexity index is 1130. The second kappa shape index (κ2) is 10.7. The molecule has 0 spiro atoms. The predicted molar refractivity (Wildman–Crippen MR) is 135 cm³/mol. The van der Waals surface area contributed by atoms with Crippen LogP contribution in [-0.2, 0) is 19.6 Å². The quantitative estimate of drug-likeness (QED) is 0.597. The van der Waals surface area contributed by atoms with Crippen LogP contribution in [-0.4, -0.2) is 37.6 Å². The molecule has 1 heterocycles. The van der Waals surface area contributed by atoms with E-state index in [1.165, 1.54) is 4.31 Å². The Morgan fingerprint density at radius 2 is 1.44 bits per heavy atom. The van der Waals surface area contributed by atoms with Crippen molar-refractivity contribution < 1.29 is 18.0 Å². The highest BCUT2D eigenvalue weighted by Crippen LogP contribution is 2.29. The molecule has 2 aromatic carbocycles. The summed E-state index contributed by atoms with van der Waals surface area (Å²) in [5, 5.41) is 5.76. The van der Waals surface area contributed by atoms with E-state index in [-0.39, 0.29) is 23.7 Å². The Hall–Kier alpha value is -2.71. The van der Waals surface area contributed by atoms with Crippen LogP contribution in [0.1, 0.15) is 49.8 Å². The van der Waals surface area contributed by atoms with E-state index in [0.29, 0.717) is 48.6 Å². The van der Waals surface area contributed by atoms with Crippen molar-refractivity contribution in [3.8, 4) is 0 Å². The van der Waals surface area contributed by atoms with E-state index >= 15 is 0 Å². The zero-order valence-corrected chi connectivity index (χ0v) is 21.5. The van der Waals surface area contributed by atoms with Gasteiger partial charge in [0.25, 0.3) is 0 Å². The van der Waals surface area contributed by atoms with Crippen molar-refractivity contribution in [2.75, 3.05) is 23.7 Å². The highest BCUT2D eigenvalue weighted by atomic mass is 32.2. The third kappa shape index (κ3) is 6.24. The summed E-state index contributed by atoms with van der Waals surface area (Å²) in [5.41, 5.74) is 3.87. The lowest BCUT2D eigenvalue weighted by Gasteiger charge is -2.31. The monoisotopic (exact) mass is 485 g/mol. The Morgan fingerprint density at radius 1 is 0.941 bits per heavy atom. The predicted octanol–water partition coefficient (Wildman–Crippen LogP) is 4.64. The number of sulfonamides is 1. The van der Waals surface area contributed by atoms with Gasteiger partial charge in [-0.2, -0.15) is 4.31 Å². The van der Waals surface area contributed by atoms with Crippen LogP contribution in [0.2, 0.25) is 0 Å². The summed E-state index contributed by atoms with van der Waals surface area (Å²) < 4.78 is 28.0. The molecule has 0 unspecified atom stereocenters. The third-order valence-electron chi connectivity index (χ3n) is 6.06. The van der Waals surface area contributed by atoms with Gasteiger partial charge in [0.1, 0.15) is 0 Å². The van der Waals surface area contributed by atoms with Crippen LogP contribution in [0.5, 0.6) is 0 Å². The largest absolute Gasteiger partial charge is 0.326 e. The first-order valence-electron chi connectivity index (χ1n) is 11.8. The summed E-state index contributed by atoms with van der Waals surface area (Å²) >= 11 is 0. The fourth-order valence-corrected chi connectivity index (χ4v) is 6.41. The summed E-state index contributed by atoms with van der Waals surface area (Å²) in [6.07, 6.45) is 1.40. The maximum atomic E-state index is 13.3. The number of hydrogen-bond donors (Lipinski definition) is 2. The van der Waals surface area contributed by atoms with Gasteiger partial charge in [0.05, 0.1) is 4.90 Å².